The number of hydrogen-bond donors (Lipinski definition) is 1. The molecule has 0 aromatic carbocycles. The molecule has 0 aliphatic rings. The Morgan fingerprint density at radius 3 is 2.94 bits per heavy atom. The van der Waals surface area contributed by atoms with E-state index in [4.69, 9.17) is 0 Å². The summed E-state index contributed by atoms with van der Waals surface area (Å²) in [6.45, 7) is 0. The summed E-state index contributed by atoms with van der Waals surface area (Å²) in [5.41, 5.74) is 0.807. The normalized spacial score (nSPS) is 11.0. The molecule has 3 aromatic heterocycles. The van der Waals surface area contributed by atoms with Crippen LogP contribution in [-0.2, 0) is 7.05 Å². The Kier molecular flexibility index (Phi) is 2.63. The maximum Gasteiger partial charge on any atom is 0.192 e. The lowest BCUT2D eigenvalue weighted by Gasteiger charge is -2.05. The maximum absolute atomic E-state index is 4.50. The summed E-state index contributed by atoms with van der Waals surface area (Å²) in [5.74, 6) is 0.783. The van der Waals surface area contributed by atoms with Gasteiger partial charge in [-0.15, -0.1) is 0 Å². The molecule has 3 rings (SSSR count). The highest BCUT2D eigenvalue weighted by molar-refractivity contribution is 7.99. The number of hydrogen-bond acceptors (Lipinski definition) is 6. The third-order valence-electron chi connectivity index (χ3n) is 2.46. The fourth-order valence-corrected chi connectivity index (χ4v) is 2.40. The molecule has 0 atom stereocenters. The smallest absolute Gasteiger partial charge is 0.192 e. The molecule has 0 unspecified atom stereocenters. The van der Waals surface area contributed by atoms with Gasteiger partial charge in [-0.3, -0.25) is 0 Å². The van der Waals surface area contributed by atoms with Gasteiger partial charge in [0.05, 0.1) is 6.20 Å². The molecule has 0 fully saturated rings. The minimum Gasteiger partial charge on any atom is -0.372 e. The van der Waals surface area contributed by atoms with Crippen LogP contribution >= 0.6 is 11.8 Å². The van der Waals surface area contributed by atoms with E-state index in [0.717, 1.165) is 21.6 Å². The van der Waals surface area contributed by atoms with E-state index in [1.54, 1.807) is 10.9 Å². The highest BCUT2D eigenvalue weighted by Gasteiger charge is 2.11. The lowest BCUT2D eigenvalue weighted by atomic mass is 10.6. The van der Waals surface area contributed by atoms with E-state index in [9.17, 15) is 0 Å². The van der Waals surface area contributed by atoms with Crippen molar-refractivity contribution in [3.8, 4) is 0 Å². The van der Waals surface area contributed by atoms with Gasteiger partial charge in [0, 0.05) is 26.5 Å². The van der Waals surface area contributed by atoms with Crippen molar-refractivity contribution in [2.75, 3.05) is 12.4 Å². The molecular formula is C10H11N7S. The van der Waals surface area contributed by atoms with Gasteiger partial charge in [0.1, 0.15) is 17.2 Å². The largest absolute Gasteiger partial charge is 0.372 e. The van der Waals surface area contributed by atoms with E-state index in [0.29, 0.717) is 0 Å². The Bertz CT molecular complexity index is 686. The molecule has 3 heterocycles. The Labute approximate surface area is 107 Å². The summed E-state index contributed by atoms with van der Waals surface area (Å²) in [7, 11) is 3.68. The lowest BCUT2D eigenvalue weighted by molar-refractivity contribution is 0.684. The number of aryl methyl sites for hydroxylation is 1. The van der Waals surface area contributed by atoms with Gasteiger partial charge in [0.15, 0.2) is 10.8 Å². The summed E-state index contributed by atoms with van der Waals surface area (Å²) < 4.78 is 3.63. The van der Waals surface area contributed by atoms with Crippen LogP contribution in [0.1, 0.15) is 0 Å². The quantitative estimate of drug-likeness (QED) is 0.759. The average Bonchev–Trinajstić information content (AvgIpc) is 2.98. The molecule has 0 saturated heterocycles. The van der Waals surface area contributed by atoms with E-state index >= 15 is 0 Å². The fourth-order valence-electron chi connectivity index (χ4n) is 1.56. The van der Waals surface area contributed by atoms with Crippen LogP contribution < -0.4 is 5.32 Å². The predicted octanol–water partition coefficient (Wildman–Crippen LogP) is 1.05. The number of imidazole rings is 1. The number of aromatic nitrogens is 6. The minimum absolute atomic E-state index is 0.778. The first-order chi connectivity index (χ1) is 8.78. The molecule has 0 amide bonds. The number of nitrogens with zero attached hydrogens (tertiary/aromatic N) is 6. The van der Waals surface area contributed by atoms with Crippen molar-refractivity contribution < 1.29 is 0 Å². The molecule has 92 valence electrons. The highest BCUT2D eigenvalue weighted by atomic mass is 32.2. The van der Waals surface area contributed by atoms with E-state index < -0.39 is 0 Å². The Morgan fingerprint density at radius 2 is 2.22 bits per heavy atom. The van der Waals surface area contributed by atoms with Crippen LogP contribution in [0.25, 0.3) is 5.65 Å². The van der Waals surface area contributed by atoms with Gasteiger partial charge in [-0.1, -0.05) is 0 Å². The summed E-state index contributed by atoms with van der Waals surface area (Å²) in [4.78, 5) is 13.0. The molecule has 0 spiro atoms. The van der Waals surface area contributed by atoms with Crippen LogP contribution in [0.5, 0.6) is 0 Å². The second kappa shape index (κ2) is 4.30. The summed E-state index contributed by atoms with van der Waals surface area (Å²) in [5, 5.41) is 8.64. The van der Waals surface area contributed by atoms with Gasteiger partial charge in [-0.05, 0) is 11.8 Å². The first-order valence-corrected chi connectivity index (χ1v) is 6.13. The van der Waals surface area contributed by atoms with Crippen LogP contribution in [0.3, 0.4) is 0 Å². The van der Waals surface area contributed by atoms with Crippen molar-refractivity contribution >= 4 is 23.2 Å². The third kappa shape index (κ3) is 1.80. The van der Waals surface area contributed by atoms with Crippen LogP contribution in [0.2, 0.25) is 0 Å². The number of fused-ring (bicyclic) bond motifs is 1. The second-order valence-corrected chi connectivity index (χ2v) is 4.56. The molecule has 0 aliphatic carbocycles. The third-order valence-corrected chi connectivity index (χ3v) is 3.48. The van der Waals surface area contributed by atoms with Crippen molar-refractivity contribution in [3.05, 3.63) is 24.9 Å². The van der Waals surface area contributed by atoms with Crippen molar-refractivity contribution in [2.45, 2.75) is 10.2 Å². The molecule has 0 radical (unpaired) electrons. The molecular weight excluding hydrogens is 250 g/mol. The second-order valence-electron chi connectivity index (χ2n) is 3.61. The first kappa shape index (κ1) is 11.0. The first-order valence-electron chi connectivity index (χ1n) is 5.31. The molecule has 7 nitrogen and oxygen atoms in total. The highest BCUT2D eigenvalue weighted by Crippen LogP contribution is 2.27. The van der Waals surface area contributed by atoms with Gasteiger partial charge in [0.2, 0.25) is 0 Å². The van der Waals surface area contributed by atoms with Gasteiger partial charge in [-0.25, -0.2) is 19.6 Å². The van der Waals surface area contributed by atoms with Gasteiger partial charge >= 0.3 is 0 Å². The summed E-state index contributed by atoms with van der Waals surface area (Å²) >= 11 is 1.44. The zero-order chi connectivity index (χ0) is 12.5. The van der Waals surface area contributed by atoms with Gasteiger partial charge in [0.25, 0.3) is 0 Å². The van der Waals surface area contributed by atoms with E-state index in [-0.39, 0.29) is 0 Å². The topological polar surface area (TPSA) is 72.9 Å². The van der Waals surface area contributed by atoms with Crippen LogP contribution in [0.4, 0.5) is 5.82 Å². The Balaban J connectivity index is 2.10. The number of rotatable bonds is 3. The monoisotopic (exact) mass is 261 g/mol. The predicted molar refractivity (Wildman–Crippen MR) is 67.7 cm³/mol. The van der Waals surface area contributed by atoms with Crippen LogP contribution in [0.15, 0.2) is 35.1 Å². The number of nitrogens with one attached hydrogen (secondary N) is 1. The molecule has 3 aromatic rings. The van der Waals surface area contributed by atoms with E-state index in [1.807, 2.05) is 30.9 Å². The van der Waals surface area contributed by atoms with Crippen LogP contribution in [0, 0.1) is 0 Å². The Morgan fingerprint density at radius 1 is 1.33 bits per heavy atom. The standard InChI is InChI=1S/C10H11N7S/c1-11-7-5-17-4-3-12-8(17)9(15-7)18-10-13-6-14-16(10)2/h3-6,11H,1-2H3. The molecule has 8 heteroatoms. The molecule has 0 bridgehead atoms. The zero-order valence-corrected chi connectivity index (χ0v) is 10.7. The molecule has 0 saturated carbocycles. The average molecular weight is 261 g/mol. The Hall–Kier alpha value is -2.09. The van der Waals surface area contributed by atoms with E-state index in [1.165, 1.54) is 18.1 Å². The zero-order valence-electron chi connectivity index (χ0n) is 9.90. The van der Waals surface area contributed by atoms with E-state index in [2.05, 4.69) is 25.4 Å². The van der Waals surface area contributed by atoms with Crippen LogP contribution in [-0.4, -0.2) is 36.2 Å². The summed E-state index contributed by atoms with van der Waals surface area (Å²) in [6, 6.07) is 0. The molecule has 1 N–H and O–H groups in total. The maximum atomic E-state index is 4.50. The van der Waals surface area contributed by atoms with Crippen molar-refractivity contribution in [1.82, 2.24) is 29.1 Å². The number of anilines is 1. The SMILES string of the molecule is CNc1cn2ccnc2c(Sc2ncnn2C)n1. The fraction of sp³-hybridized carbons (Fsp3) is 0.200. The van der Waals surface area contributed by atoms with Gasteiger partial charge in [-0.2, -0.15) is 5.10 Å². The molecule has 0 aliphatic heterocycles. The summed E-state index contributed by atoms with van der Waals surface area (Å²) in [6.07, 6.45) is 7.05. The van der Waals surface area contributed by atoms with Crippen molar-refractivity contribution in [3.63, 3.8) is 0 Å². The lowest BCUT2D eigenvalue weighted by Crippen LogP contribution is -1.99. The minimum atomic E-state index is 0.778. The molecule has 18 heavy (non-hydrogen) atoms. The van der Waals surface area contributed by atoms with Crippen molar-refractivity contribution in [2.24, 2.45) is 7.05 Å². The van der Waals surface area contributed by atoms with Crippen molar-refractivity contribution in [1.29, 1.82) is 0 Å². The van der Waals surface area contributed by atoms with Gasteiger partial charge < -0.3 is 9.72 Å².